The van der Waals surface area contributed by atoms with Gasteiger partial charge in [0, 0.05) is 26.3 Å². The Bertz CT molecular complexity index is 1440. The van der Waals surface area contributed by atoms with E-state index in [9.17, 15) is 9.59 Å². The third-order valence-corrected chi connectivity index (χ3v) is 8.35. The zero-order valence-electron chi connectivity index (χ0n) is 21.6. The minimum atomic E-state index is -0.495. The third-order valence-electron chi connectivity index (χ3n) is 8.04. The Hall–Kier alpha value is -2.90. The van der Waals surface area contributed by atoms with Crippen molar-refractivity contribution in [1.29, 1.82) is 0 Å². The molecule has 37 heavy (non-hydrogen) atoms. The molecule has 3 aliphatic heterocycles. The number of likely N-dealkylation sites (tertiary alicyclic amines) is 1. The zero-order valence-corrected chi connectivity index (χ0v) is 22.3. The van der Waals surface area contributed by atoms with Gasteiger partial charge in [0.05, 0.1) is 27.0 Å². The molecule has 1 spiro atoms. The molecule has 8 heteroatoms. The Labute approximate surface area is 221 Å². The van der Waals surface area contributed by atoms with Crippen molar-refractivity contribution in [3.63, 3.8) is 0 Å². The number of hydrogen-bond acceptors (Lipinski definition) is 5. The van der Waals surface area contributed by atoms with Crippen LogP contribution in [0.1, 0.15) is 69.3 Å². The highest BCUT2D eigenvalue weighted by molar-refractivity contribution is 6.35. The summed E-state index contributed by atoms with van der Waals surface area (Å²) in [5, 5.41) is 0.884. The molecule has 7 nitrogen and oxygen atoms in total. The average molecular weight is 522 g/mol. The zero-order chi connectivity index (χ0) is 25.9. The number of halogens is 1. The topological polar surface area (TPSA) is 73.7 Å². The SMILES string of the molecule is CC(C)(C)OC(=O)N1CCC(c2ccc3c(c2)C2(CCOCC2)c2nc(=O)c4c(Cl)cccc4n2-3)CC1. The van der Waals surface area contributed by atoms with E-state index >= 15 is 0 Å². The lowest BCUT2D eigenvalue weighted by Crippen LogP contribution is -2.41. The molecule has 2 saturated heterocycles. The van der Waals surface area contributed by atoms with E-state index in [-0.39, 0.29) is 17.1 Å². The summed E-state index contributed by atoms with van der Waals surface area (Å²) in [6.45, 7) is 8.29. The first kappa shape index (κ1) is 24.4. The third kappa shape index (κ3) is 4.03. The summed E-state index contributed by atoms with van der Waals surface area (Å²) in [6, 6.07) is 12.3. The highest BCUT2D eigenvalue weighted by Gasteiger charge is 2.47. The Kier molecular flexibility index (Phi) is 5.84. The van der Waals surface area contributed by atoms with Gasteiger partial charge in [0.1, 0.15) is 11.4 Å². The molecular formula is C29H32ClN3O4. The molecular weight excluding hydrogens is 490 g/mol. The van der Waals surface area contributed by atoms with E-state index in [0.29, 0.717) is 42.6 Å². The van der Waals surface area contributed by atoms with Gasteiger partial charge in [0.15, 0.2) is 0 Å². The molecule has 0 aliphatic carbocycles. The van der Waals surface area contributed by atoms with Gasteiger partial charge < -0.3 is 14.4 Å². The number of amides is 1. The van der Waals surface area contributed by atoms with Crippen molar-refractivity contribution >= 4 is 28.6 Å². The Balaban J connectivity index is 1.38. The van der Waals surface area contributed by atoms with Gasteiger partial charge in [-0.05, 0) is 81.7 Å². The lowest BCUT2D eigenvalue weighted by Gasteiger charge is -2.35. The van der Waals surface area contributed by atoms with Crippen molar-refractivity contribution < 1.29 is 14.3 Å². The maximum Gasteiger partial charge on any atom is 0.410 e. The van der Waals surface area contributed by atoms with Gasteiger partial charge in [-0.3, -0.25) is 9.36 Å². The maximum atomic E-state index is 13.1. The molecule has 1 aromatic heterocycles. The summed E-state index contributed by atoms with van der Waals surface area (Å²) in [4.78, 5) is 32.1. The highest BCUT2D eigenvalue weighted by atomic mass is 35.5. The van der Waals surface area contributed by atoms with Gasteiger partial charge in [0.25, 0.3) is 5.56 Å². The maximum absolute atomic E-state index is 13.1. The Morgan fingerprint density at radius 3 is 2.57 bits per heavy atom. The minimum absolute atomic E-state index is 0.238. The van der Waals surface area contributed by atoms with Gasteiger partial charge in [-0.1, -0.05) is 29.8 Å². The monoisotopic (exact) mass is 521 g/mol. The first-order chi connectivity index (χ1) is 17.7. The van der Waals surface area contributed by atoms with E-state index in [1.165, 1.54) is 11.1 Å². The van der Waals surface area contributed by atoms with Crippen LogP contribution in [0.15, 0.2) is 41.2 Å². The Morgan fingerprint density at radius 1 is 1.14 bits per heavy atom. The van der Waals surface area contributed by atoms with Gasteiger partial charge in [0.2, 0.25) is 0 Å². The minimum Gasteiger partial charge on any atom is -0.444 e. The lowest BCUT2D eigenvalue weighted by atomic mass is 9.73. The number of aromatic nitrogens is 2. The summed E-state index contributed by atoms with van der Waals surface area (Å²) in [5.74, 6) is 1.14. The Morgan fingerprint density at radius 2 is 1.86 bits per heavy atom. The summed E-state index contributed by atoms with van der Waals surface area (Å²) < 4.78 is 13.5. The van der Waals surface area contributed by atoms with Crippen molar-refractivity contribution in [3.8, 4) is 5.69 Å². The number of benzene rings is 2. The summed E-state index contributed by atoms with van der Waals surface area (Å²) in [7, 11) is 0. The van der Waals surface area contributed by atoms with E-state index in [4.69, 9.17) is 21.1 Å². The molecule has 0 atom stereocenters. The standard InChI is InChI=1S/C29H32ClN3O4/c1-28(2,3)37-27(35)32-13-9-18(10-14-32)19-7-8-22-20(17-19)29(11-15-36-16-12-29)26-31-25(34)24-21(30)5-4-6-23(24)33(22)26/h4-8,17-18H,9-16H2,1-3H3. The van der Waals surface area contributed by atoms with Crippen LogP contribution in [0.25, 0.3) is 16.6 Å². The van der Waals surface area contributed by atoms with Crippen molar-refractivity contribution in [2.75, 3.05) is 26.3 Å². The quantitative estimate of drug-likeness (QED) is 0.419. The second-order valence-corrected chi connectivity index (χ2v) is 11.8. The van der Waals surface area contributed by atoms with E-state index in [0.717, 1.165) is 42.7 Å². The number of carbonyl (C=O) groups excluding carboxylic acids is 1. The normalized spacial score (nSPS) is 19.2. The van der Waals surface area contributed by atoms with Crippen LogP contribution in [0.2, 0.25) is 5.02 Å². The number of ether oxygens (including phenoxy) is 2. The van der Waals surface area contributed by atoms with Crippen LogP contribution in [0, 0.1) is 0 Å². The molecule has 0 bridgehead atoms. The van der Waals surface area contributed by atoms with Gasteiger partial charge in [-0.15, -0.1) is 0 Å². The molecule has 0 saturated carbocycles. The molecule has 6 rings (SSSR count). The average Bonchev–Trinajstić information content (AvgIpc) is 3.12. The molecule has 1 amide bonds. The van der Waals surface area contributed by atoms with Crippen LogP contribution in [0.5, 0.6) is 0 Å². The van der Waals surface area contributed by atoms with E-state index < -0.39 is 5.60 Å². The second-order valence-electron chi connectivity index (χ2n) is 11.4. The predicted molar refractivity (Wildman–Crippen MR) is 143 cm³/mol. The number of nitrogens with zero attached hydrogens (tertiary/aromatic N) is 3. The molecule has 3 aliphatic rings. The molecule has 0 N–H and O–H groups in total. The number of carbonyl (C=O) groups is 1. The van der Waals surface area contributed by atoms with Crippen molar-refractivity contribution in [2.24, 2.45) is 0 Å². The molecule has 2 aromatic carbocycles. The fourth-order valence-corrected chi connectivity index (χ4v) is 6.48. The van der Waals surface area contributed by atoms with Gasteiger partial charge in [-0.2, -0.15) is 4.98 Å². The molecule has 4 heterocycles. The van der Waals surface area contributed by atoms with Crippen LogP contribution in [0.4, 0.5) is 4.79 Å². The van der Waals surface area contributed by atoms with Crippen LogP contribution < -0.4 is 5.56 Å². The van der Waals surface area contributed by atoms with Crippen LogP contribution >= 0.6 is 11.6 Å². The predicted octanol–water partition coefficient (Wildman–Crippen LogP) is 5.56. The second kappa shape index (κ2) is 8.84. The summed E-state index contributed by atoms with van der Waals surface area (Å²) in [5.41, 5.74) is 3.20. The van der Waals surface area contributed by atoms with E-state index in [1.54, 1.807) is 6.07 Å². The van der Waals surface area contributed by atoms with Crippen molar-refractivity contribution in [3.05, 3.63) is 68.7 Å². The smallest absolute Gasteiger partial charge is 0.410 e. The summed E-state index contributed by atoms with van der Waals surface area (Å²) in [6.07, 6.45) is 3.08. The van der Waals surface area contributed by atoms with E-state index in [1.807, 2.05) is 37.8 Å². The van der Waals surface area contributed by atoms with Crippen molar-refractivity contribution in [1.82, 2.24) is 14.5 Å². The first-order valence-corrected chi connectivity index (χ1v) is 13.5. The van der Waals surface area contributed by atoms with Crippen molar-refractivity contribution in [2.45, 2.75) is 63.4 Å². The highest BCUT2D eigenvalue weighted by Crippen LogP contribution is 2.50. The van der Waals surface area contributed by atoms with E-state index in [2.05, 4.69) is 27.8 Å². The molecule has 2 fully saturated rings. The number of rotatable bonds is 1. The number of piperidine rings is 1. The number of hydrogen-bond donors (Lipinski definition) is 0. The van der Waals surface area contributed by atoms with Gasteiger partial charge in [-0.25, -0.2) is 4.79 Å². The summed E-state index contributed by atoms with van der Waals surface area (Å²) >= 11 is 6.45. The van der Waals surface area contributed by atoms with Crippen LogP contribution in [-0.2, 0) is 14.9 Å². The molecule has 0 unspecified atom stereocenters. The number of fused-ring (bicyclic) bond motifs is 7. The lowest BCUT2D eigenvalue weighted by molar-refractivity contribution is 0.0205. The fraction of sp³-hybridized carbons (Fsp3) is 0.483. The molecule has 194 valence electrons. The first-order valence-electron chi connectivity index (χ1n) is 13.1. The van der Waals surface area contributed by atoms with Crippen LogP contribution in [-0.4, -0.2) is 52.4 Å². The van der Waals surface area contributed by atoms with Gasteiger partial charge >= 0.3 is 6.09 Å². The largest absolute Gasteiger partial charge is 0.444 e. The fourth-order valence-electron chi connectivity index (χ4n) is 6.23. The molecule has 3 aromatic rings. The van der Waals surface area contributed by atoms with Crippen LogP contribution in [0.3, 0.4) is 0 Å². The molecule has 0 radical (unpaired) electrons.